The fraction of sp³-hybridized carbons (Fsp3) is 0.476. The third-order valence-corrected chi connectivity index (χ3v) is 5.45. The Kier molecular flexibility index (Phi) is 4.60. The summed E-state index contributed by atoms with van der Waals surface area (Å²) < 4.78 is 5.70. The normalized spacial score (nSPS) is 25.0. The maximum atomic E-state index is 12.5. The molecule has 1 N–H and O–H groups in total. The average Bonchev–Trinajstić information content (AvgIpc) is 3.22. The van der Waals surface area contributed by atoms with Crippen LogP contribution in [0.5, 0.6) is 5.75 Å². The lowest BCUT2D eigenvalue weighted by atomic mass is 9.96. The Hall–Kier alpha value is -2.47. The molecule has 2 aliphatic rings. The lowest BCUT2D eigenvalue weighted by Gasteiger charge is -2.23. The zero-order chi connectivity index (χ0) is 19.0. The number of likely N-dealkylation sites (tertiary alicyclic amines) is 1. The Balaban J connectivity index is 1.52. The summed E-state index contributed by atoms with van der Waals surface area (Å²) in [6.45, 7) is 4.84. The van der Waals surface area contributed by atoms with Crippen LogP contribution in [0.4, 0.5) is 0 Å². The largest absolute Gasteiger partial charge is 0.491 e. The maximum absolute atomic E-state index is 12.5. The topological polar surface area (TPSA) is 67.3 Å². The molecule has 1 spiro atoms. The minimum absolute atomic E-state index is 0.0175. The van der Waals surface area contributed by atoms with E-state index in [0.717, 1.165) is 48.6 Å². The predicted molar refractivity (Wildman–Crippen MR) is 103 cm³/mol. The van der Waals surface area contributed by atoms with Crippen molar-refractivity contribution >= 4 is 5.91 Å². The Bertz CT molecular complexity index is 836. The van der Waals surface area contributed by atoms with E-state index in [1.54, 1.807) is 6.20 Å². The van der Waals surface area contributed by atoms with Crippen molar-refractivity contribution in [3.8, 4) is 17.0 Å². The van der Waals surface area contributed by atoms with Gasteiger partial charge in [0.15, 0.2) is 0 Å². The smallest absolute Gasteiger partial charge is 0.242 e. The molecule has 2 aromatic rings. The molecule has 142 valence electrons. The van der Waals surface area contributed by atoms with Crippen molar-refractivity contribution in [2.24, 2.45) is 0 Å². The van der Waals surface area contributed by atoms with Crippen LogP contribution < -0.4 is 10.1 Å². The molecule has 6 nitrogen and oxygen atoms in total. The van der Waals surface area contributed by atoms with Crippen LogP contribution in [0.2, 0.25) is 0 Å². The van der Waals surface area contributed by atoms with Crippen LogP contribution in [0, 0.1) is 0 Å². The summed E-state index contributed by atoms with van der Waals surface area (Å²) in [6, 6.07) is 9.90. The van der Waals surface area contributed by atoms with Crippen LogP contribution in [0.25, 0.3) is 11.3 Å². The van der Waals surface area contributed by atoms with Crippen LogP contribution >= 0.6 is 0 Å². The summed E-state index contributed by atoms with van der Waals surface area (Å²) >= 11 is 0. The highest BCUT2D eigenvalue weighted by Gasteiger charge is 2.50. The first kappa shape index (κ1) is 17.9. The predicted octanol–water partition coefficient (Wildman–Crippen LogP) is 2.96. The number of benzene rings is 1. The first-order valence-electron chi connectivity index (χ1n) is 9.60. The van der Waals surface area contributed by atoms with Crippen molar-refractivity contribution in [2.45, 2.75) is 50.8 Å². The van der Waals surface area contributed by atoms with Crippen molar-refractivity contribution in [3.63, 3.8) is 0 Å². The molecule has 0 bridgehead atoms. The minimum Gasteiger partial charge on any atom is -0.491 e. The van der Waals surface area contributed by atoms with Gasteiger partial charge in [-0.25, -0.2) is 9.97 Å². The quantitative estimate of drug-likeness (QED) is 0.901. The van der Waals surface area contributed by atoms with Crippen LogP contribution in [0.15, 0.2) is 36.5 Å². The van der Waals surface area contributed by atoms with Crippen molar-refractivity contribution in [3.05, 3.63) is 42.4 Å². The van der Waals surface area contributed by atoms with Gasteiger partial charge in [0, 0.05) is 25.4 Å². The number of nitrogens with zero attached hydrogens (tertiary/aromatic N) is 3. The summed E-state index contributed by atoms with van der Waals surface area (Å²) in [5, 5.41) is 3.54. The molecule has 2 atom stereocenters. The molecule has 0 saturated carbocycles. The molecular weight excluding hydrogens is 340 g/mol. The Labute approximate surface area is 160 Å². The van der Waals surface area contributed by atoms with Crippen molar-refractivity contribution in [1.29, 1.82) is 0 Å². The molecule has 2 fully saturated rings. The number of aromatic nitrogens is 2. The third kappa shape index (κ3) is 3.41. The molecule has 0 radical (unpaired) electrons. The number of carbonyl (C=O) groups is 1. The van der Waals surface area contributed by atoms with Gasteiger partial charge in [0.1, 0.15) is 17.1 Å². The highest BCUT2D eigenvalue weighted by Crippen LogP contribution is 2.38. The lowest BCUT2D eigenvalue weighted by molar-refractivity contribution is -0.131. The number of amides is 1. The van der Waals surface area contributed by atoms with Gasteiger partial charge < -0.3 is 9.64 Å². The van der Waals surface area contributed by atoms with Gasteiger partial charge in [-0.15, -0.1) is 0 Å². The van der Waals surface area contributed by atoms with Crippen molar-refractivity contribution < 1.29 is 9.53 Å². The van der Waals surface area contributed by atoms with Crippen molar-refractivity contribution in [2.75, 3.05) is 13.6 Å². The zero-order valence-electron chi connectivity index (χ0n) is 16.1. The van der Waals surface area contributed by atoms with E-state index in [2.05, 4.69) is 10.3 Å². The molecule has 1 amide bonds. The molecule has 1 aromatic heterocycles. The maximum Gasteiger partial charge on any atom is 0.242 e. The van der Waals surface area contributed by atoms with E-state index in [1.165, 1.54) is 0 Å². The molecule has 2 saturated heterocycles. The van der Waals surface area contributed by atoms with Gasteiger partial charge in [0.25, 0.3) is 0 Å². The van der Waals surface area contributed by atoms with Gasteiger partial charge in [-0.3, -0.25) is 10.1 Å². The highest BCUT2D eigenvalue weighted by atomic mass is 16.5. The lowest BCUT2D eigenvalue weighted by Crippen LogP contribution is -2.47. The second-order valence-electron chi connectivity index (χ2n) is 7.79. The number of nitrogens with one attached hydrogen (secondary N) is 1. The molecular formula is C21H26N4O2. The first-order valence-corrected chi connectivity index (χ1v) is 9.60. The molecule has 6 heteroatoms. The second-order valence-corrected chi connectivity index (χ2v) is 7.79. The Morgan fingerprint density at radius 1 is 1.22 bits per heavy atom. The van der Waals surface area contributed by atoms with Crippen LogP contribution in [-0.2, 0) is 4.79 Å². The summed E-state index contributed by atoms with van der Waals surface area (Å²) in [6.07, 6.45) is 4.53. The highest BCUT2D eigenvalue weighted by molar-refractivity contribution is 5.88. The molecule has 1 aromatic carbocycles. The standard InChI is InChI=1S/C21H26N4O2/c1-14(2)27-16-6-4-15(5-7-16)17-9-12-22-19(23-17)18-8-10-21(24-18)11-13-25(3)20(21)26/h4-7,9,12,14,18,24H,8,10-11,13H2,1-3H3/t18-,21+/m1/s1. The summed E-state index contributed by atoms with van der Waals surface area (Å²) in [4.78, 5) is 23.6. The fourth-order valence-electron chi connectivity index (χ4n) is 4.04. The van der Waals surface area contributed by atoms with E-state index in [0.29, 0.717) is 0 Å². The monoisotopic (exact) mass is 366 g/mol. The minimum atomic E-state index is -0.422. The van der Waals surface area contributed by atoms with E-state index in [9.17, 15) is 4.79 Å². The van der Waals surface area contributed by atoms with Gasteiger partial charge in [-0.1, -0.05) is 0 Å². The van der Waals surface area contributed by atoms with Gasteiger partial charge in [-0.05, 0) is 63.4 Å². The van der Waals surface area contributed by atoms with Gasteiger partial charge in [0.2, 0.25) is 5.91 Å². The zero-order valence-corrected chi connectivity index (χ0v) is 16.1. The molecule has 27 heavy (non-hydrogen) atoms. The molecule has 4 rings (SSSR count). The fourth-order valence-corrected chi connectivity index (χ4v) is 4.04. The number of carbonyl (C=O) groups excluding carboxylic acids is 1. The first-order chi connectivity index (χ1) is 13.0. The van der Waals surface area contributed by atoms with E-state index >= 15 is 0 Å². The second kappa shape index (κ2) is 6.93. The van der Waals surface area contributed by atoms with Crippen LogP contribution in [-0.4, -0.2) is 46.0 Å². The number of rotatable bonds is 4. The summed E-state index contributed by atoms with van der Waals surface area (Å²) in [5.41, 5.74) is 1.49. The van der Waals surface area contributed by atoms with Crippen LogP contribution in [0.3, 0.4) is 0 Å². The summed E-state index contributed by atoms with van der Waals surface area (Å²) in [7, 11) is 1.87. The van der Waals surface area contributed by atoms with E-state index in [-0.39, 0.29) is 18.1 Å². The van der Waals surface area contributed by atoms with Crippen molar-refractivity contribution in [1.82, 2.24) is 20.2 Å². The van der Waals surface area contributed by atoms with Crippen LogP contribution in [0.1, 0.15) is 45.0 Å². The van der Waals surface area contributed by atoms with E-state index < -0.39 is 5.54 Å². The van der Waals surface area contributed by atoms with Gasteiger partial charge in [-0.2, -0.15) is 0 Å². The Morgan fingerprint density at radius 3 is 2.67 bits per heavy atom. The average molecular weight is 366 g/mol. The van der Waals surface area contributed by atoms with E-state index in [4.69, 9.17) is 9.72 Å². The van der Waals surface area contributed by atoms with E-state index in [1.807, 2.05) is 56.1 Å². The molecule has 0 aliphatic carbocycles. The van der Waals surface area contributed by atoms with Gasteiger partial charge >= 0.3 is 0 Å². The van der Waals surface area contributed by atoms with Gasteiger partial charge in [0.05, 0.1) is 17.8 Å². The SMILES string of the molecule is CC(C)Oc1ccc(-c2ccnc([C@H]3CC[C@@]4(CCN(C)C4=O)N3)n2)cc1. The third-order valence-electron chi connectivity index (χ3n) is 5.45. The number of hydrogen-bond donors (Lipinski definition) is 1. The molecule has 0 unspecified atom stereocenters. The molecule has 3 heterocycles. The Morgan fingerprint density at radius 2 is 2.00 bits per heavy atom. The molecule has 2 aliphatic heterocycles. The summed E-state index contributed by atoms with van der Waals surface area (Å²) in [5.74, 6) is 1.81. The number of hydrogen-bond acceptors (Lipinski definition) is 5. The number of ether oxygens (including phenoxy) is 1. The number of likely N-dealkylation sites (N-methyl/N-ethyl adjacent to an activating group) is 1.